The summed E-state index contributed by atoms with van der Waals surface area (Å²) in [6.45, 7) is 1.29. The van der Waals surface area contributed by atoms with Crippen LogP contribution in [0.5, 0.6) is 0 Å². The molecule has 11 nitrogen and oxygen atoms in total. The molecule has 12 heteroatoms. The third-order valence-corrected chi connectivity index (χ3v) is 6.47. The Morgan fingerprint density at radius 3 is 2.41 bits per heavy atom. The summed E-state index contributed by atoms with van der Waals surface area (Å²) in [6, 6.07) is 6.00. The minimum absolute atomic E-state index is 0.0276. The molecule has 0 bridgehead atoms. The fourth-order valence-corrected chi connectivity index (χ4v) is 4.37. The first-order valence-corrected chi connectivity index (χ1v) is 10.1. The van der Waals surface area contributed by atoms with E-state index in [1.54, 1.807) is 19.1 Å². The summed E-state index contributed by atoms with van der Waals surface area (Å²) in [5, 5.41) is 29.3. The zero-order valence-electron chi connectivity index (χ0n) is 15.2. The van der Waals surface area contributed by atoms with Crippen molar-refractivity contribution in [2.24, 2.45) is 0 Å². The number of hydrogen-bond acceptors (Lipinski definition) is 9. The Hall–Kier alpha value is -2.64. The number of aliphatic hydroxyl groups excluding tert-OH is 3. The lowest BCUT2D eigenvalue weighted by atomic mass is 10.1. The zero-order valence-corrected chi connectivity index (χ0v) is 16.0. The molecule has 0 spiro atoms. The number of hydrogen-bond donors (Lipinski definition) is 3. The van der Waals surface area contributed by atoms with Gasteiger partial charge in [-0.25, -0.2) is 18.4 Å². The summed E-state index contributed by atoms with van der Waals surface area (Å²) in [6.07, 6.45) is -2.89. The highest BCUT2D eigenvalue weighted by Gasteiger charge is 2.44. The van der Waals surface area contributed by atoms with Gasteiger partial charge in [0.1, 0.15) is 24.6 Å². The monoisotopic (exact) mass is 422 g/mol. The van der Waals surface area contributed by atoms with Gasteiger partial charge in [0.2, 0.25) is 0 Å². The summed E-state index contributed by atoms with van der Waals surface area (Å²) < 4.78 is 32.7. The van der Waals surface area contributed by atoms with Crippen molar-refractivity contribution in [2.45, 2.75) is 36.4 Å². The highest BCUT2D eigenvalue weighted by Crippen LogP contribution is 2.30. The van der Waals surface area contributed by atoms with E-state index in [0.717, 1.165) is 18.2 Å². The van der Waals surface area contributed by atoms with Gasteiger partial charge in [0.25, 0.3) is 15.6 Å². The topological polar surface area (TPSA) is 157 Å². The van der Waals surface area contributed by atoms with Crippen LogP contribution in [0.3, 0.4) is 0 Å². The largest absolute Gasteiger partial charge is 0.394 e. The number of nitrogens with zero attached hydrogens (tertiary/aromatic N) is 4. The second-order valence-electron chi connectivity index (χ2n) is 6.72. The fraction of sp³-hybridized carbons (Fsp3) is 0.353. The van der Waals surface area contributed by atoms with Crippen molar-refractivity contribution in [2.75, 3.05) is 6.61 Å². The van der Waals surface area contributed by atoms with Gasteiger partial charge in [-0.15, -0.1) is 0 Å². The van der Waals surface area contributed by atoms with E-state index >= 15 is 0 Å². The molecule has 0 amide bonds. The van der Waals surface area contributed by atoms with E-state index in [-0.39, 0.29) is 16.1 Å². The average molecular weight is 422 g/mol. The molecule has 0 saturated carbocycles. The van der Waals surface area contributed by atoms with Gasteiger partial charge in [0.15, 0.2) is 17.4 Å². The molecule has 1 aromatic carbocycles. The number of aromatic nitrogens is 4. The number of aryl methyl sites for hydroxylation is 1. The van der Waals surface area contributed by atoms with E-state index in [4.69, 9.17) is 4.74 Å². The van der Waals surface area contributed by atoms with Gasteiger partial charge < -0.3 is 20.1 Å². The molecule has 4 atom stereocenters. The lowest BCUT2D eigenvalue weighted by Crippen LogP contribution is -2.33. The molecule has 2 aromatic heterocycles. The quantitative estimate of drug-likeness (QED) is 0.467. The number of fused-ring (bicyclic) bond motifs is 1. The standard InChI is InChI=1S/C17H18N4O7S/c1-9-2-4-10(5-3-9)29(26,27)21-8-19-15-12(16(21)25)18-7-20(15)17-14(24)13(23)11(6-22)28-17/h2-5,7-8,11,13-14,17,22-24H,6H2,1H3/t11-,13-,14-,17-/m1/s1. The van der Waals surface area contributed by atoms with Crippen LogP contribution in [0.1, 0.15) is 11.8 Å². The lowest BCUT2D eigenvalue weighted by Gasteiger charge is -2.16. The SMILES string of the molecule is Cc1ccc(S(=O)(=O)n2cnc3c(ncn3[C@@H]3O[C@H](CO)[C@@H](O)[C@H]3O)c2=O)cc1. The van der Waals surface area contributed by atoms with Gasteiger partial charge in [0.05, 0.1) is 17.8 Å². The van der Waals surface area contributed by atoms with Gasteiger partial charge in [0, 0.05) is 0 Å². The summed E-state index contributed by atoms with van der Waals surface area (Å²) in [5.41, 5.74) is -0.329. The summed E-state index contributed by atoms with van der Waals surface area (Å²) in [5.74, 6) is 0. The van der Waals surface area contributed by atoms with Crippen LogP contribution in [0.4, 0.5) is 0 Å². The van der Waals surface area contributed by atoms with Crippen molar-refractivity contribution in [1.82, 2.24) is 18.5 Å². The van der Waals surface area contributed by atoms with Gasteiger partial charge in [-0.3, -0.25) is 9.36 Å². The molecule has 3 heterocycles. The highest BCUT2D eigenvalue weighted by molar-refractivity contribution is 7.90. The minimum Gasteiger partial charge on any atom is -0.394 e. The first-order chi connectivity index (χ1) is 13.8. The molecule has 1 fully saturated rings. The number of ether oxygens (including phenoxy) is 1. The predicted octanol–water partition coefficient (Wildman–Crippen LogP) is -1.25. The van der Waals surface area contributed by atoms with Crippen molar-refractivity contribution in [3.05, 3.63) is 52.8 Å². The lowest BCUT2D eigenvalue weighted by molar-refractivity contribution is -0.0511. The first kappa shape index (κ1) is 19.7. The highest BCUT2D eigenvalue weighted by atomic mass is 32.2. The van der Waals surface area contributed by atoms with Crippen molar-refractivity contribution in [3.63, 3.8) is 0 Å². The molecule has 0 unspecified atom stereocenters. The van der Waals surface area contributed by atoms with E-state index in [0.29, 0.717) is 3.97 Å². The minimum atomic E-state index is -4.18. The number of benzene rings is 1. The third-order valence-electron chi connectivity index (χ3n) is 4.82. The van der Waals surface area contributed by atoms with E-state index in [9.17, 15) is 28.5 Å². The van der Waals surface area contributed by atoms with Crippen molar-refractivity contribution in [1.29, 1.82) is 0 Å². The second-order valence-corrected chi connectivity index (χ2v) is 8.53. The molecule has 3 N–H and O–H groups in total. The molecule has 3 aromatic rings. The fourth-order valence-electron chi connectivity index (χ4n) is 3.19. The maximum atomic E-state index is 12.8. The maximum Gasteiger partial charge on any atom is 0.295 e. The maximum absolute atomic E-state index is 12.8. The summed E-state index contributed by atoms with van der Waals surface area (Å²) >= 11 is 0. The Balaban J connectivity index is 1.79. The van der Waals surface area contributed by atoms with Crippen LogP contribution >= 0.6 is 0 Å². The molecule has 0 radical (unpaired) electrons. The van der Waals surface area contributed by atoms with E-state index in [1.165, 1.54) is 16.7 Å². The van der Waals surface area contributed by atoms with Crippen LogP contribution in [-0.2, 0) is 14.8 Å². The van der Waals surface area contributed by atoms with Crippen LogP contribution in [0, 0.1) is 6.92 Å². The Bertz CT molecular complexity index is 1220. The van der Waals surface area contributed by atoms with Crippen LogP contribution in [0.25, 0.3) is 11.2 Å². The summed E-state index contributed by atoms with van der Waals surface area (Å²) in [4.78, 5) is 20.6. The third kappa shape index (κ3) is 3.05. The molecular formula is C17H18N4O7S. The molecule has 1 aliphatic rings. The van der Waals surface area contributed by atoms with Gasteiger partial charge in [-0.05, 0) is 19.1 Å². The van der Waals surface area contributed by atoms with Crippen molar-refractivity contribution >= 4 is 21.2 Å². The van der Waals surface area contributed by atoms with Crippen LogP contribution in [-0.4, -0.2) is 67.2 Å². The molecule has 29 heavy (non-hydrogen) atoms. The normalized spacial score (nSPS) is 25.0. The van der Waals surface area contributed by atoms with Crippen LogP contribution in [0.2, 0.25) is 0 Å². The molecular weight excluding hydrogens is 404 g/mol. The molecule has 1 saturated heterocycles. The first-order valence-electron chi connectivity index (χ1n) is 8.64. The van der Waals surface area contributed by atoms with Crippen LogP contribution < -0.4 is 5.56 Å². The van der Waals surface area contributed by atoms with E-state index in [1.807, 2.05) is 0 Å². The van der Waals surface area contributed by atoms with E-state index in [2.05, 4.69) is 9.97 Å². The Kier molecular flexibility index (Phi) is 4.75. The number of aliphatic hydroxyl groups is 3. The van der Waals surface area contributed by atoms with Gasteiger partial charge in [-0.2, -0.15) is 3.97 Å². The Labute approximate surface area is 164 Å². The molecule has 154 valence electrons. The van der Waals surface area contributed by atoms with Crippen molar-refractivity contribution < 1.29 is 28.5 Å². The Morgan fingerprint density at radius 1 is 1.10 bits per heavy atom. The average Bonchev–Trinajstić information content (AvgIpc) is 3.24. The van der Waals surface area contributed by atoms with Gasteiger partial charge in [-0.1, -0.05) is 17.7 Å². The van der Waals surface area contributed by atoms with Gasteiger partial charge >= 0.3 is 0 Å². The molecule has 0 aliphatic carbocycles. The predicted molar refractivity (Wildman–Crippen MR) is 98.6 cm³/mol. The Morgan fingerprint density at radius 2 is 1.79 bits per heavy atom. The number of imidazole rings is 1. The molecule has 1 aliphatic heterocycles. The smallest absolute Gasteiger partial charge is 0.295 e. The molecule has 4 rings (SSSR count). The summed E-state index contributed by atoms with van der Waals surface area (Å²) in [7, 11) is -4.18. The second kappa shape index (κ2) is 7.00. The van der Waals surface area contributed by atoms with Crippen molar-refractivity contribution in [3.8, 4) is 0 Å². The van der Waals surface area contributed by atoms with Crippen LogP contribution in [0.15, 0.2) is 46.6 Å². The number of rotatable bonds is 4. The zero-order chi connectivity index (χ0) is 20.9. The van der Waals surface area contributed by atoms with E-state index < -0.39 is 46.7 Å².